The zero-order valence-corrected chi connectivity index (χ0v) is 18.0. The molecule has 7 nitrogen and oxygen atoms in total. The Bertz CT molecular complexity index is 1010. The summed E-state index contributed by atoms with van der Waals surface area (Å²) in [6, 6.07) is 8.10. The molecule has 30 heavy (non-hydrogen) atoms. The number of hydrogen-bond acceptors (Lipinski definition) is 7. The van der Waals surface area contributed by atoms with Gasteiger partial charge < -0.3 is 20.3 Å². The van der Waals surface area contributed by atoms with Gasteiger partial charge in [0.1, 0.15) is 22.8 Å². The fourth-order valence-corrected chi connectivity index (χ4v) is 4.82. The van der Waals surface area contributed by atoms with Gasteiger partial charge >= 0.3 is 0 Å². The number of aryl methyl sites for hydroxylation is 1. The highest BCUT2D eigenvalue weighted by molar-refractivity contribution is 7.97. The maximum Gasteiger partial charge on any atom is 0.140 e. The third-order valence-electron chi connectivity index (χ3n) is 5.80. The van der Waals surface area contributed by atoms with Crippen LogP contribution in [-0.2, 0) is 0 Å². The zero-order chi connectivity index (χ0) is 20.5. The van der Waals surface area contributed by atoms with E-state index >= 15 is 0 Å². The summed E-state index contributed by atoms with van der Waals surface area (Å²) in [5.74, 6) is 2.71. The molecular weight excluding hydrogens is 394 g/mol. The predicted octanol–water partition coefficient (Wildman–Crippen LogP) is 3.40. The molecule has 2 aromatic heterocycles. The normalized spacial score (nSPS) is 23.9. The lowest BCUT2D eigenvalue weighted by molar-refractivity contribution is 0.329. The van der Waals surface area contributed by atoms with Gasteiger partial charge in [-0.05, 0) is 56.0 Å². The molecule has 5 heterocycles. The number of dihydropyridines is 1. The Hall–Kier alpha value is -2.87. The van der Waals surface area contributed by atoms with Crippen LogP contribution in [0.5, 0.6) is 0 Å². The van der Waals surface area contributed by atoms with Crippen molar-refractivity contribution in [3.05, 3.63) is 72.0 Å². The molecular formula is C22H27N7S. The molecule has 1 fully saturated rings. The molecule has 0 spiro atoms. The number of pyridine rings is 1. The van der Waals surface area contributed by atoms with Crippen molar-refractivity contribution in [1.29, 1.82) is 0 Å². The van der Waals surface area contributed by atoms with Crippen molar-refractivity contribution >= 4 is 17.8 Å². The summed E-state index contributed by atoms with van der Waals surface area (Å²) in [6.45, 7) is 9.36. The standard InChI is InChI=1S/C22H27N7S/c1-15-9-13-29(26-15)20-7-6-18-16(2)27-30-21-5-3-4-19(24-21)23-11-8-17-10-12-28(14-17)22(18)25-20/h3-7,9,13,17,20,25,27H,2,8,10-12,14H2,1H3,(H,23,24). The highest BCUT2D eigenvalue weighted by Gasteiger charge is 2.29. The summed E-state index contributed by atoms with van der Waals surface area (Å²) in [5.41, 5.74) is 2.98. The Morgan fingerprint density at radius 3 is 3.03 bits per heavy atom. The molecule has 2 unspecified atom stereocenters. The van der Waals surface area contributed by atoms with Gasteiger partial charge in [0.2, 0.25) is 0 Å². The van der Waals surface area contributed by atoms with Gasteiger partial charge in [-0.25, -0.2) is 9.67 Å². The summed E-state index contributed by atoms with van der Waals surface area (Å²) in [6.07, 6.45) is 8.64. The van der Waals surface area contributed by atoms with Crippen LogP contribution in [0.3, 0.4) is 0 Å². The first-order valence-electron chi connectivity index (χ1n) is 10.4. The smallest absolute Gasteiger partial charge is 0.140 e. The SMILES string of the molecule is C=C1NSc2cccc(n2)NCCC2CCN(C2)C2=C1C=CC(n1ccc(C)n1)N2. The van der Waals surface area contributed by atoms with E-state index in [1.165, 1.54) is 18.4 Å². The van der Waals surface area contributed by atoms with Crippen molar-refractivity contribution in [2.24, 2.45) is 5.92 Å². The Morgan fingerprint density at radius 2 is 2.17 bits per heavy atom. The molecule has 2 aromatic rings. The van der Waals surface area contributed by atoms with Crippen molar-refractivity contribution in [2.45, 2.75) is 31.0 Å². The van der Waals surface area contributed by atoms with Gasteiger partial charge in [-0.3, -0.25) is 0 Å². The van der Waals surface area contributed by atoms with E-state index in [4.69, 9.17) is 4.98 Å². The van der Waals surface area contributed by atoms with Crippen molar-refractivity contribution in [3.8, 4) is 0 Å². The summed E-state index contributed by atoms with van der Waals surface area (Å²) >= 11 is 1.49. The van der Waals surface area contributed by atoms with Crippen molar-refractivity contribution in [3.63, 3.8) is 0 Å². The average molecular weight is 422 g/mol. The van der Waals surface area contributed by atoms with E-state index in [0.29, 0.717) is 5.92 Å². The van der Waals surface area contributed by atoms with Gasteiger partial charge in [-0.15, -0.1) is 0 Å². The maximum atomic E-state index is 4.69. The Balaban J connectivity index is 1.45. The fraction of sp³-hybridized carbons (Fsp3) is 0.364. The number of allylic oxidation sites excluding steroid dienone is 1. The van der Waals surface area contributed by atoms with Gasteiger partial charge in [0.15, 0.2) is 0 Å². The fourth-order valence-electron chi connectivity index (χ4n) is 4.19. The second-order valence-corrected chi connectivity index (χ2v) is 8.83. The molecule has 0 radical (unpaired) electrons. The van der Waals surface area contributed by atoms with Crippen LogP contribution in [0.1, 0.15) is 24.7 Å². The van der Waals surface area contributed by atoms with E-state index in [0.717, 1.165) is 59.7 Å². The van der Waals surface area contributed by atoms with Gasteiger partial charge in [-0.1, -0.05) is 12.6 Å². The number of aromatic nitrogens is 3. The number of nitrogens with zero attached hydrogens (tertiary/aromatic N) is 4. The number of nitrogens with one attached hydrogen (secondary N) is 3. The minimum Gasteiger partial charge on any atom is -0.370 e. The first kappa shape index (κ1) is 19.1. The molecule has 0 saturated carbocycles. The number of anilines is 1. The van der Waals surface area contributed by atoms with E-state index in [1.54, 1.807) is 0 Å². The second kappa shape index (κ2) is 8.10. The van der Waals surface area contributed by atoms with Crippen LogP contribution >= 0.6 is 11.9 Å². The van der Waals surface area contributed by atoms with Crippen LogP contribution in [0.4, 0.5) is 5.82 Å². The van der Waals surface area contributed by atoms with E-state index in [-0.39, 0.29) is 6.17 Å². The summed E-state index contributed by atoms with van der Waals surface area (Å²) in [5, 5.41) is 12.7. The second-order valence-electron chi connectivity index (χ2n) is 8.01. The molecule has 0 aliphatic carbocycles. The molecule has 0 aromatic carbocycles. The molecule has 5 rings (SSSR count). The number of rotatable bonds is 1. The Morgan fingerprint density at radius 1 is 1.23 bits per heavy atom. The van der Waals surface area contributed by atoms with Crippen LogP contribution < -0.4 is 15.4 Å². The number of fused-ring (bicyclic) bond motifs is 5. The third-order valence-corrected chi connectivity index (χ3v) is 6.58. The van der Waals surface area contributed by atoms with Crippen LogP contribution in [0, 0.1) is 12.8 Å². The molecule has 8 heteroatoms. The van der Waals surface area contributed by atoms with Crippen LogP contribution in [0.2, 0.25) is 0 Å². The van der Waals surface area contributed by atoms with Gasteiger partial charge in [0, 0.05) is 49.0 Å². The molecule has 0 amide bonds. The lowest BCUT2D eigenvalue weighted by Crippen LogP contribution is -2.38. The summed E-state index contributed by atoms with van der Waals surface area (Å²) in [4.78, 5) is 7.16. The molecule has 3 aliphatic rings. The molecule has 1 saturated heterocycles. The lowest BCUT2D eigenvalue weighted by Gasteiger charge is -2.32. The van der Waals surface area contributed by atoms with E-state index < -0.39 is 0 Å². The quantitative estimate of drug-likeness (QED) is 0.610. The summed E-state index contributed by atoms with van der Waals surface area (Å²) in [7, 11) is 0. The highest BCUT2D eigenvalue weighted by atomic mass is 32.2. The average Bonchev–Trinajstić information content (AvgIpc) is 3.41. The Kier molecular flexibility index (Phi) is 5.16. The van der Waals surface area contributed by atoms with Crippen molar-refractivity contribution < 1.29 is 0 Å². The predicted molar refractivity (Wildman–Crippen MR) is 120 cm³/mol. The zero-order valence-electron chi connectivity index (χ0n) is 17.1. The highest BCUT2D eigenvalue weighted by Crippen LogP contribution is 2.30. The van der Waals surface area contributed by atoms with Crippen molar-refractivity contribution in [2.75, 3.05) is 25.0 Å². The van der Waals surface area contributed by atoms with Crippen LogP contribution in [0.25, 0.3) is 0 Å². The molecule has 3 N–H and O–H groups in total. The first-order chi connectivity index (χ1) is 14.7. The van der Waals surface area contributed by atoms with E-state index in [2.05, 4.69) is 44.1 Å². The van der Waals surface area contributed by atoms with E-state index in [1.807, 2.05) is 42.1 Å². The van der Waals surface area contributed by atoms with Gasteiger partial charge in [-0.2, -0.15) is 5.10 Å². The summed E-state index contributed by atoms with van der Waals surface area (Å²) < 4.78 is 5.37. The monoisotopic (exact) mass is 421 g/mol. The minimum absolute atomic E-state index is 0.00384. The van der Waals surface area contributed by atoms with Crippen LogP contribution in [0.15, 0.2) is 71.3 Å². The minimum atomic E-state index is -0.00384. The maximum absolute atomic E-state index is 4.69. The molecule has 3 aliphatic heterocycles. The number of hydrogen-bond donors (Lipinski definition) is 3. The van der Waals surface area contributed by atoms with Gasteiger partial charge in [0.25, 0.3) is 0 Å². The van der Waals surface area contributed by atoms with E-state index in [9.17, 15) is 0 Å². The molecule has 2 atom stereocenters. The van der Waals surface area contributed by atoms with Crippen LogP contribution in [-0.4, -0.2) is 39.3 Å². The first-order valence-corrected chi connectivity index (χ1v) is 11.3. The molecule has 4 bridgehead atoms. The van der Waals surface area contributed by atoms with Crippen molar-refractivity contribution in [1.82, 2.24) is 29.7 Å². The van der Waals surface area contributed by atoms with Gasteiger partial charge in [0.05, 0.1) is 5.69 Å². The largest absolute Gasteiger partial charge is 0.370 e. The Labute approximate surface area is 181 Å². The molecule has 156 valence electrons. The topological polar surface area (TPSA) is 70.0 Å². The lowest BCUT2D eigenvalue weighted by atomic mass is 10.1. The third kappa shape index (κ3) is 3.92.